The number of anilines is 2. The molecule has 0 aromatic carbocycles. The molecule has 6 heteroatoms. The van der Waals surface area contributed by atoms with Gasteiger partial charge in [0.2, 0.25) is 5.95 Å². The molecule has 108 valence electrons. The summed E-state index contributed by atoms with van der Waals surface area (Å²) in [7, 11) is 0. The van der Waals surface area contributed by atoms with Crippen LogP contribution >= 0.6 is 0 Å². The van der Waals surface area contributed by atoms with E-state index in [1.165, 1.54) is 6.07 Å². The largest absolute Gasteiger partial charge is 0.368 e. The van der Waals surface area contributed by atoms with Crippen molar-refractivity contribution in [3.05, 3.63) is 17.6 Å². The van der Waals surface area contributed by atoms with Gasteiger partial charge in [0.15, 0.2) is 5.82 Å². The van der Waals surface area contributed by atoms with Gasteiger partial charge in [-0.25, -0.2) is 14.4 Å². The zero-order valence-electron chi connectivity index (χ0n) is 12.1. The second-order valence-corrected chi connectivity index (χ2v) is 4.89. The van der Waals surface area contributed by atoms with Crippen LogP contribution in [0, 0.1) is 12.7 Å². The Labute approximate surface area is 117 Å². The summed E-state index contributed by atoms with van der Waals surface area (Å²) in [6, 6.07) is 1.64. The van der Waals surface area contributed by atoms with Gasteiger partial charge in [-0.15, -0.1) is 0 Å². The lowest BCUT2D eigenvalue weighted by Gasteiger charge is -2.18. The van der Waals surface area contributed by atoms with Gasteiger partial charge in [-0.2, -0.15) is 4.98 Å². The summed E-state index contributed by atoms with van der Waals surface area (Å²) >= 11 is 0. The van der Waals surface area contributed by atoms with Gasteiger partial charge in [0, 0.05) is 12.1 Å². The minimum atomic E-state index is -0.387. The van der Waals surface area contributed by atoms with Crippen molar-refractivity contribution in [2.45, 2.75) is 46.1 Å². The summed E-state index contributed by atoms with van der Waals surface area (Å²) in [5.74, 6) is 0.314. The van der Waals surface area contributed by atoms with Crippen LogP contribution in [0.1, 0.15) is 38.8 Å². The molecule has 0 radical (unpaired) electrons. The van der Waals surface area contributed by atoms with Crippen LogP contribution < -0.4 is 11.1 Å². The Hall–Kier alpha value is -1.98. The molecule has 5 nitrogen and oxygen atoms in total. The maximum atomic E-state index is 13.6. The number of aromatic nitrogens is 3. The first-order valence-corrected chi connectivity index (χ1v) is 6.92. The van der Waals surface area contributed by atoms with Gasteiger partial charge in [0.25, 0.3) is 0 Å². The van der Waals surface area contributed by atoms with Crippen LogP contribution in [0.15, 0.2) is 6.07 Å². The van der Waals surface area contributed by atoms with E-state index >= 15 is 0 Å². The highest BCUT2D eigenvalue weighted by Crippen LogP contribution is 2.23. The number of nitrogens with one attached hydrogen (secondary N) is 1. The van der Waals surface area contributed by atoms with Crippen molar-refractivity contribution < 1.29 is 4.39 Å². The molecule has 2 aromatic heterocycles. The maximum Gasteiger partial charge on any atom is 0.222 e. The minimum absolute atomic E-state index is 0.122. The predicted octanol–water partition coefficient (Wildman–Crippen LogP) is 3.05. The smallest absolute Gasteiger partial charge is 0.222 e. The van der Waals surface area contributed by atoms with Crippen molar-refractivity contribution in [2.24, 2.45) is 0 Å². The molecule has 2 aromatic rings. The fraction of sp³-hybridized carbons (Fsp3) is 0.500. The van der Waals surface area contributed by atoms with E-state index in [4.69, 9.17) is 5.73 Å². The standard InChI is InChI=1S/C14H20FN5/c1-4-6-9(5-2)18-13-12-11(19-14(16)20-13)7-10(15)8(3)17-12/h7,9H,4-6H2,1-3H3,(H3,16,18,19,20)/t9-/m1/s1. The lowest BCUT2D eigenvalue weighted by atomic mass is 10.1. The minimum Gasteiger partial charge on any atom is -0.368 e. The fourth-order valence-corrected chi connectivity index (χ4v) is 2.17. The SMILES string of the molecule is CCC[C@@H](CC)Nc1nc(N)nc2cc(F)c(C)nc12. The molecule has 0 spiro atoms. The number of rotatable bonds is 5. The lowest BCUT2D eigenvalue weighted by molar-refractivity contribution is 0.611. The van der Waals surface area contributed by atoms with Crippen molar-refractivity contribution in [2.75, 3.05) is 11.1 Å². The number of nitrogens with two attached hydrogens (primary N) is 1. The molecular weight excluding hydrogens is 257 g/mol. The van der Waals surface area contributed by atoms with E-state index in [-0.39, 0.29) is 11.8 Å². The van der Waals surface area contributed by atoms with Crippen molar-refractivity contribution in [1.29, 1.82) is 0 Å². The summed E-state index contributed by atoms with van der Waals surface area (Å²) < 4.78 is 13.6. The Morgan fingerprint density at radius 2 is 2.05 bits per heavy atom. The molecule has 2 rings (SSSR count). The molecule has 2 heterocycles. The van der Waals surface area contributed by atoms with E-state index in [9.17, 15) is 4.39 Å². The van der Waals surface area contributed by atoms with Gasteiger partial charge >= 0.3 is 0 Å². The number of aryl methyl sites for hydroxylation is 1. The molecule has 3 N–H and O–H groups in total. The van der Waals surface area contributed by atoms with E-state index in [1.54, 1.807) is 6.92 Å². The molecule has 0 bridgehead atoms. The van der Waals surface area contributed by atoms with Crippen LogP contribution in [0.3, 0.4) is 0 Å². The summed E-state index contributed by atoms with van der Waals surface area (Å²) in [5, 5.41) is 3.34. The Balaban J connectivity index is 2.48. The van der Waals surface area contributed by atoms with Crippen molar-refractivity contribution >= 4 is 22.8 Å². The second kappa shape index (κ2) is 5.98. The zero-order chi connectivity index (χ0) is 14.7. The monoisotopic (exact) mass is 277 g/mol. The van der Waals surface area contributed by atoms with Gasteiger partial charge in [0.05, 0.1) is 11.2 Å². The first-order chi connectivity index (χ1) is 9.55. The summed E-state index contributed by atoms with van der Waals surface area (Å²) in [4.78, 5) is 12.5. The molecule has 1 atom stereocenters. The third-order valence-electron chi connectivity index (χ3n) is 3.29. The van der Waals surface area contributed by atoms with E-state index in [2.05, 4.69) is 34.1 Å². The molecule has 0 aliphatic rings. The van der Waals surface area contributed by atoms with E-state index in [0.29, 0.717) is 28.6 Å². The summed E-state index contributed by atoms with van der Waals surface area (Å²) in [5.41, 5.74) is 7.01. The average molecular weight is 277 g/mol. The molecule has 0 aliphatic carbocycles. The summed E-state index contributed by atoms with van der Waals surface area (Å²) in [6.07, 6.45) is 3.08. The Morgan fingerprint density at radius 3 is 2.70 bits per heavy atom. The number of fused-ring (bicyclic) bond motifs is 1. The first-order valence-electron chi connectivity index (χ1n) is 6.92. The van der Waals surface area contributed by atoms with Crippen LogP contribution in [0.5, 0.6) is 0 Å². The topological polar surface area (TPSA) is 76.7 Å². The third kappa shape index (κ3) is 2.95. The van der Waals surface area contributed by atoms with E-state index in [0.717, 1.165) is 19.3 Å². The number of hydrogen-bond acceptors (Lipinski definition) is 5. The van der Waals surface area contributed by atoms with Gasteiger partial charge < -0.3 is 11.1 Å². The molecule has 0 fully saturated rings. The number of hydrogen-bond donors (Lipinski definition) is 2. The van der Waals surface area contributed by atoms with Crippen molar-refractivity contribution in [3.63, 3.8) is 0 Å². The van der Waals surface area contributed by atoms with Crippen LogP contribution in [-0.2, 0) is 0 Å². The lowest BCUT2D eigenvalue weighted by Crippen LogP contribution is -2.20. The van der Waals surface area contributed by atoms with Gasteiger partial charge in [-0.3, -0.25) is 0 Å². The predicted molar refractivity (Wildman–Crippen MR) is 79.1 cm³/mol. The van der Waals surface area contributed by atoms with Gasteiger partial charge in [-0.1, -0.05) is 20.3 Å². The number of pyridine rings is 1. The quantitative estimate of drug-likeness (QED) is 0.878. The van der Waals surface area contributed by atoms with Crippen molar-refractivity contribution in [1.82, 2.24) is 15.0 Å². The average Bonchev–Trinajstić information content (AvgIpc) is 2.40. The summed E-state index contributed by atoms with van der Waals surface area (Å²) in [6.45, 7) is 5.87. The maximum absolute atomic E-state index is 13.6. The van der Waals surface area contributed by atoms with Crippen LogP contribution in [0.2, 0.25) is 0 Å². The second-order valence-electron chi connectivity index (χ2n) is 4.89. The van der Waals surface area contributed by atoms with Crippen molar-refractivity contribution in [3.8, 4) is 0 Å². The molecule has 0 saturated heterocycles. The van der Waals surface area contributed by atoms with E-state index < -0.39 is 0 Å². The molecule has 0 aliphatic heterocycles. The highest BCUT2D eigenvalue weighted by Gasteiger charge is 2.14. The molecule has 0 unspecified atom stereocenters. The first kappa shape index (κ1) is 14.4. The number of nitrogen functional groups attached to an aromatic ring is 1. The van der Waals surface area contributed by atoms with Crippen LogP contribution in [0.4, 0.5) is 16.2 Å². The Kier molecular flexibility index (Phi) is 4.32. The number of halogens is 1. The molecular formula is C14H20FN5. The van der Waals surface area contributed by atoms with E-state index in [1.807, 2.05) is 0 Å². The number of nitrogens with zero attached hydrogens (tertiary/aromatic N) is 3. The Bertz CT molecular complexity index is 614. The fourth-order valence-electron chi connectivity index (χ4n) is 2.17. The van der Waals surface area contributed by atoms with Gasteiger partial charge in [0.1, 0.15) is 11.3 Å². The van der Waals surface area contributed by atoms with Gasteiger partial charge in [-0.05, 0) is 19.8 Å². The zero-order valence-corrected chi connectivity index (χ0v) is 12.1. The highest BCUT2D eigenvalue weighted by molar-refractivity contribution is 5.86. The highest BCUT2D eigenvalue weighted by atomic mass is 19.1. The Morgan fingerprint density at radius 1 is 1.30 bits per heavy atom. The third-order valence-corrected chi connectivity index (χ3v) is 3.29. The molecule has 0 amide bonds. The molecule has 0 saturated carbocycles. The van der Waals surface area contributed by atoms with Crippen LogP contribution in [-0.4, -0.2) is 21.0 Å². The van der Waals surface area contributed by atoms with Crippen LogP contribution in [0.25, 0.3) is 11.0 Å². The molecule has 20 heavy (non-hydrogen) atoms. The normalized spacial score (nSPS) is 12.6.